The molecule has 0 aliphatic carbocycles. The Bertz CT molecular complexity index is 874. The number of imidazole rings is 1. The zero-order valence-corrected chi connectivity index (χ0v) is 11.4. The van der Waals surface area contributed by atoms with Gasteiger partial charge < -0.3 is 10.3 Å². The molecule has 108 valence electrons. The molecule has 0 unspecified atom stereocenters. The average molecular weight is 286 g/mol. The van der Waals surface area contributed by atoms with Gasteiger partial charge in [-0.1, -0.05) is 6.92 Å². The van der Waals surface area contributed by atoms with Crippen molar-refractivity contribution in [2.75, 3.05) is 11.9 Å². The van der Waals surface area contributed by atoms with Gasteiger partial charge in [-0.05, 0) is 18.6 Å². The van der Waals surface area contributed by atoms with Gasteiger partial charge in [-0.15, -0.1) is 0 Å². The summed E-state index contributed by atoms with van der Waals surface area (Å²) < 4.78 is 0. The van der Waals surface area contributed by atoms with E-state index in [1.165, 1.54) is 0 Å². The molecule has 3 rings (SSSR count). The number of pyridine rings is 1. The first-order valence-corrected chi connectivity index (χ1v) is 6.60. The van der Waals surface area contributed by atoms with Crippen LogP contribution in [-0.2, 0) is 0 Å². The number of aromatic nitrogens is 5. The lowest BCUT2D eigenvalue weighted by molar-refractivity contribution is 0.969. The van der Waals surface area contributed by atoms with Crippen LogP contribution in [0.5, 0.6) is 0 Å². The molecule has 0 saturated heterocycles. The van der Waals surface area contributed by atoms with Gasteiger partial charge in [0.15, 0.2) is 5.65 Å². The van der Waals surface area contributed by atoms with Gasteiger partial charge in [-0.3, -0.25) is 14.8 Å². The summed E-state index contributed by atoms with van der Waals surface area (Å²) in [7, 11) is 0. The molecular formula is C13H14N6O2. The lowest BCUT2D eigenvalue weighted by Gasteiger charge is -2.03. The highest BCUT2D eigenvalue weighted by Crippen LogP contribution is 2.17. The quantitative estimate of drug-likeness (QED) is 0.566. The molecule has 0 amide bonds. The lowest BCUT2D eigenvalue weighted by atomic mass is 10.2. The third kappa shape index (κ3) is 2.55. The number of H-pyrrole nitrogens is 3. The second kappa shape index (κ2) is 5.23. The van der Waals surface area contributed by atoms with Crippen molar-refractivity contribution in [3.05, 3.63) is 39.2 Å². The Morgan fingerprint density at radius 3 is 2.76 bits per heavy atom. The SMILES string of the molecule is CCCNc1ccc(-c2nc3[nH]c(=O)[nH]c(=O)c3[nH]2)cn1. The fourth-order valence-corrected chi connectivity index (χ4v) is 1.96. The molecule has 3 heterocycles. The van der Waals surface area contributed by atoms with E-state index < -0.39 is 11.2 Å². The minimum absolute atomic E-state index is 0.229. The molecule has 8 nitrogen and oxygen atoms in total. The number of nitrogens with zero attached hydrogens (tertiary/aromatic N) is 2. The van der Waals surface area contributed by atoms with Crippen LogP contribution in [0.25, 0.3) is 22.6 Å². The first-order valence-electron chi connectivity index (χ1n) is 6.60. The fourth-order valence-electron chi connectivity index (χ4n) is 1.96. The van der Waals surface area contributed by atoms with Crippen molar-refractivity contribution in [1.29, 1.82) is 0 Å². The van der Waals surface area contributed by atoms with Crippen LogP contribution in [-0.4, -0.2) is 31.5 Å². The average Bonchev–Trinajstić information content (AvgIpc) is 2.90. The van der Waals surface area contributed by atoms with Gasteiger partial charge in [-0.2, -0.15) is 0 Å². The summed E-state index contributed by atoms with van der Waals surface area (Å²) >= 11 is 0. The number of hydrogen-bond acceptors (Lipinski definition) is 5. The number of hydrogen-bond donors (Lipinski definition) is 4. The summed E-state index contributed by atoms with van der Waals surface area (Å²) in [5.74, 6) is 1.26. The minimum atomic E-state index is -0.581. The molecule has 0 bridgehead atoms. The molecule has 0 aliphatic rings. The maximum atomic E-state index is 11.6. The molecule has 0 spiro atoms. The third-order valence-corrected chi connectivity index (χ3v) is 2.98. The Kier molecular flexibility index (Phi) is 3.27. The summed E-state index contributed by atoms with van der Waals surface area (Å²) in [5.41, 5.74) is 0.114. The number of rotatable bonds is 4. The Morgan fingerprint density at radius 1 is 1.19 bits per heavy atom. The van der Waals surface area contributed by atoms with Gasteiger partial charge in [0, 0.05) is 18.3 Å². The summed E-state index contributed by atoms with van der Waals surface area (Å²) in [6.07, 6.45) is 2.67. The first-order chi connectivity index (χ1) is 10.2. The van der Waals surface area contributed by atoms with Crippen molar-refractivity contribution >= 4 is 17.0 Å². The number of anilines is 1. The summed E-state index contributed by atoms with van der Waals surface area (Å²) in [6.45, 7) is 2.93. The van der Waals surface area contributed by atoms with Crippen molar-refractivity contribution < 1.29 is 0 Å². The number of nitrogens with one attached hydrogen (secondary N) is 4. The van der Waals surface area contributed by atoms with E-state index in [-0.39, 0.29) is 11.2 Å². The number of fused-ring (bicyclic) bond motifs is 1. The highest BCUT2D eigenvalue weighted by molar-refractivity contribution is 5.74. The van der Waals surface area contributed by atoms with E-state index >= 15 is 0 Å². The topological polar surface area (TPSA) is 119 Å². The molecule has 0 atom stereocenters. The molecule has 3 aromatic rings. The monoisotopic (exact) mass is 286 g/mol. The lowest BCUT2D eigenvalue weighted by Crippen LogP contribution is -2.21. The molecule has 0 radical (unpaired) electrons. The minimum Gasteiger partial charge on any atom is -0.370 e. The Labute approximate surface area is 118 Å². The maximum absolute atomic E-state index is 11.6. The van der Waals surface area contributed by atoms with Crippen LogP contribution in [0.4, 0.5) is 5.82 Å². The van der Waals surface area contributed by atoms with E-state index in [0.29, 0.717) is 5.82 Å². The molecule has 21 heavy (non-hydrogen) atoms. The zero-order valence-electron chi connectivity index (χ0n) is 11.4. The van der Waals surface area contributed by atoms with Gasteiger partial charge in [-0.25, -0.2) is 14.8 Å². The molecule has 0 fully saturated rings. The third-order valence-electron chi connectivity index (χ3n) is 2.98. The van der Waals surface area contributed by atoms with Crippen LogP contribution in [0.1, 0.15) is 13.3 Å². The van der Waals surface area contributed by atoms with Crippen molar-refractivity contribution in [2.24, 2.45) is 0 Å². The predicted octanol–water partition coefficient (Wildman–Crippen LogP) is 0.823. The van der Waals surface area contributed by atoms with Gasteiger partial charge >= 0.3 is 5.69 Å². The largest absolute Gasteiger partial charge is 0.370 e. The fraction of sp³-hybridized carbons (Fsp3) is 0.231. The summed E-state index contributed by atoms with van der Waals surface area (Å²) in [5, 5.41) is 3.17. The van der Waals surface area contributed by atoms with E-state index in [1.807, 2.05) is 12.1 Å². The van der Waals surface area contributed by atoms with Crippen molar-refractivity contribution in [2.45, 2.75) is 13.3 Å². The Hall–Kier alpha value is -2.90. The van der Waals surface area contributed by atoms with Crippen LogP contribution < -0.4 is 16.6 Å². The summed E-state index contributed by atoms with van der Waals surface area (Å²) in [4.78, 5) is 38.8. The van der Waals surface area contributed by atoms with E-state index in [4.69, 9.17) is 0 Å². The maximum Gasteiger partial charge on any atom is 0.327 e. The smallest absolute Gasteiger partial charge is 0.327 e. The zero-order chi connectivity index (χ0) is 14.8. The van der Waals surface area contributed by atoms with E-state index in [1.54, 1.807) is 6.20 Å². The normalized spacial score (nSPS) is 10.9. The number of aromatic amines is 3. The van der Waals surface area contributed by atoms with E-state index in [2.05, 4.69) is 37.2 Å². The van der Waals surface area contributed by atoms with Gasteiger partial charge in [0.25, 0.3) is 5.56 Å². The molecule has 4 N–H and O–H groups in total. The van der Waals surface area contributed by atoms with Crippen molar-refractivity contribution in [3.63, 3.8) is 0 Å². The Balaban J connectivity index is 1.98. The first kappa shape index (κ1) is 13.1. The van der Waals surface area contributed by atoms with Crippen LogP contribution in [0.2, 0.25) is 0 Å². The second-order valence-electron chi connectivity index (χ2n) is 4.58. The van der Waals surface area contributed by atoms with Crippen molar-refractivity contribution in [3.8, 4) is 11.4 Å². The highest BCUT2D eigenvalue weighted by Gasteiger charge is 2.09. The Morgan fingerprint density at radius 2 is 2.05 bits per heavy atom. The van der Waals surface area contributed by atoms with E-state index in [9.17, 15) is 9.59 Å². The molecule has 0 aliphatic heterocycles. The van der Waals surface area contributed by atoms with Crippen LogP contribution in [0.3, 0.4) is 0 Å². The van der Waals surface area contributed by atoms with Gasteiger partial charge in [0.2, 0.25) is 0 Å². The molecule has 3 aromatic heterocycles. The second-order valence-corrected chi connectivity index (χ2v) is 4.58. The van der Waals surface area contributed by atoms with Crippen LogP contribution in [0, 0.1) is 0 Å². The molecule has 8 heteroatoms. The van der Waals surface area contributed by atoms with Gasteiger partial charge in [0.1, 0.15) is 17.2 Å². The molecular weight excluding hydrogens is 272 g/mol. The van der Waals surface area contributed by atoms with Crippen LogP contribution in [0.15, 0.2) is 27.9 Å². The molecule has 0 aromatic carbocycles. The van der Waals surface area contributed by atoms with E-state index in [0.717, 1.165) is 24.3 Å². The standard InChI is InChI=1S/C13H14N6O2/c1-2-5-14-8-4-3-7(6-15-8)10-16-9-11(17-10)18-13(21)19-12(9)20/h3-4,6H,2,5H2,1H3,(H,14,15)(H3,16,17,18,19,20,21). The van der Waals surface area contributed by atoms with Gasteiger partial charge in [0.05, 0.1) is 0 Å². The summed E-state index contributed by atoms with van der Waals surface area (Å²) in [6, 6.07) is 3.68. The molecule has 0 saturated carbocycles. The highest BCUT2D eigenvalue weighted by atomic mass is 16.2. The van der Waals surface area contributed by atoms with Crippen LogP contribution >= 0.6 is 0 Å². The predicted molar refractivity (Wildman–Crippen MR) is 79.3 cm³/mol. The van der Waals surface area contributed by atoms with Crippen molar-refractivity contribution in [1.82, 2.24) is 24.9 Å².